The number of benzene rings is 2. The molecule has 4 nitrogen and oxygen atoms in total. The molecule has 198 valence electrons. The Balaban J connectivity index is 1.76. The first-order chi connectivity index (χ1) is 17.5. The molecule has 9 heteroatoms. The minimum absolute atomic E-state index is 0.121. The third kappa shape index (κ3) is 7.61. The largest absolute Gasteiger partial charge is 0.469 e. The second kappa shape index (κ2) is 12.6. The van der Waals surface area contributed by atoms with Gasteiger partial charge < -0.3 is 10.1 Å². The summed E-state index contributed by atoms with van der Waals surface area (Å²) in [4.78, 5) is 26.5. The van der Waals surface area contributed by atoms with Crippen molar-refractivity contribution in [2.24, 2.45) is 0 Å². The highest BCUT2D eigenvalue weighted by molar-refractivity contribution is 7.99. The molecule has 1 atom stereocenters. The van der Waals surface area contributed by atoms with Crippen molar-refractivity contribution in [3.05, 3.63) is 75.0 Å². The van der Waals surface area contributed by atoms with Crippen LogP contribution in [0.5, 0.6) is 0 Å². The van der Waals surface area contributed by atoms with Crippen LogP contribution in [-0.4, -0.2) is 25.5 Å². The lowest BCUT2D eigenvalue weighted by atomic mass is 9.95. The van der Waals surface area contributed by atoms with Gasteiger partial charge in [0.2, 0.25) is 0 Å². The molecule has 1 N–H and O–H groups in total. The number of thioether (sulfide) groups is 1. The fourth-order valence-electron chi connectivity index (χ4n) is 4.07. The Labute approximate surface area is 223 Å². The molecule has 1 unspecified atom stereocenters. The predicted octanol–water partition coefficient (Wildman–Crippen LogP) is 7.98. The van der Waals surface area contributed by atoms with Gasteiger partial charge in [-0.1, -0.05) is 25.5 Å². The normalized spacial score (nSPS) is 12.3. The second-order valence-corrected chi connectivity index (χ2v) is 11.1. The number of ether oxygens (including phenoxy) is 1. The summed E-state index contributed by atoms with van der Waals surface area (Å²) in [5, 5.41) is 2.90. The number of methoxy groups -OCH3 is 1. The van der Waals surface area contributed by atoms with Crippen molar-refractivity contribution in [1.82, 2.24) is 5.32 Å². The lowest BCUT2D eigenvalue weighted by molar-refractivity contribution is -0.140. The smallest absolute Gasteiger partial charge is 0.416 e. The van der Waals surface area contributed by atoms with Crippen LogP contribution in [0.1, 0.15) is 62.7 Å². The Hall–Kier alpha value is -2.78. The van der Waals surface area contributed by atoms with Gasteiger partial charge >= 0.3 is 12.1 Å². The molecule has 0 aliphatic heterocycles. The number of aryl methyl sites for hydroxylation is 2. The summed E-state index contributed by atoms with van der Waals surface area (Å²) < 4.78 is 43.5. The van der Waals surface area contributed by atoms with Crippen LogP contribution < -0.4 is 5.32 Å². The maximum atomic E-state index is 13.0. The van der Waals surface area contributed by atoms with Crippen LogP contribution in [0.2, 0.25) is 0 Å². The van der Waals surface area contributed by atoms with Gasteiger partial charge in [0.15, 0.2) is 0 Å². The van der Waals surface area contributed by atoms with Crippen LogP contribution in [0.25, 0.3) is 11.1 Å². The molecule has 0 saturated heterocycles. The molecule has 0 aliphatic rings. The van der Waals surface area contributed by atoms with Gasteiger partial charge in [0.1, 0.15) is 0 Å². The average molecular weight is 550 g/mol. The number of carbonyl (C=O) groups is 2. The summed E-state index contributed by atoms with van der Waals surface area (Å²) in [6.45, 7) is 6.28. The molecule has 0 bridgehead atoms. The van der Waals surface area contributed by atoms with E-state index in [1.807, 2.05) is 19.9 Å². The first kappa shape index (κ1) is 28.8. The highest BCUT2D eigenvalue weighted by atomic mass is 32.2. The van der Waals surface area contributed by atoms with E-state index in [1.165, 1.54) is 30.6 Å². The SMILES string of the molecule is CCCC(Sc1cc(C)c(-c2ccc(C(F)(F)F)cc2)c(C)c1)c1ccc(C(=O)NCCC(=O)OC)s1. The number of hydrogen-bond acceptors (Lipinski definition) is 5. The third-order valence-electron chi connectivity index (χ3n) is 5.85. The summed E-state index contributed by atoms with van der Waals surface area (Å²) in [6.07, 6.45) is -2.34. The highest BCUT2D eigenvalue weighted by Gasteiger charge is 2.30. The van der Waals surface area contributed by atoms with E-state index in [0.29, 0.717) is 4.88 Å². The van der Waals surface area contributed by atoms with Crippen LogP contribution in [0.3, 0.4) is 0 Å². The fourth-order valence-corrected chi connectivity index (χ4v) is 6.67. The summed E-state index contributed by atoms with van der Waals surface area (Å²) in [5.41, 5.74) is 3.02. The molecule has 3 rings (SSSR count). The van der Waals surface area contributed by atoms with Crippen molar-refractivity contribution in [3.63, 3.8) is 0 Å². The number of nitrogens with one attached hydrogen (secondary N) is 1. The predicted molar refractivity (Wildman–Crippen MR) is 143 cm³/mol. The Morgan fingerprint density at radius 2 is 1.70 bits per heavy atom. The second-order valence-electron chi connectivity index (χ2n) is 8.69. The number of rotatable bonds is 10. The Kier molecular flexibility index (Phi) is 9.84. The number of carbonyl (C=O) groups excluding carboxylic acids is 2. The van der Waals surface area contributed by atoms with E-state index in [-0.39, 0.29) is 30.1 Å². The van der Waals surface area contributed by atoms with Crippen molar-refractivity contribution >= 4 is 35.0 Å². The maximum Gasteiger partial charge on any atom is 0.416 e. The third-order valence-corrected chi connectivity index (χ3v) is 8.48. The van der Waals surface area contributed by atoms with E-state index in [4.69, 9.17) is 0 Å². The number of hydrogen-bond donors (Lipinski definition) is 1. The summed E-state index contributed by atoms with van der Waals surface area (Å²) >= 11 is 3.17. The van der Waals surface area contributed by atoms with Gasteiger partial charge in [-0.3, -0.25) is 9.59 Å². The summed E-state index contributed by atoms with van der Waals surface area (Å²) in [7, 11) is 1.31. The Bertz CT molecular complexity index is 1210. The molecule has 0 saturated carbocycles. The average Bonchev–Trinajstić information content (AvgIpc) is 3.33. The van der Waals surface area contributed by atoms with E-state index in [2.05, 4.69) is 29.1 Å². The first-order valence-electron chi connectivity index (χ1n) is 11.9. The van der Waals surface area contributed by atoms with Crippen LogP contribution in [0, 0.1) is 13.8 Å². The van der Waals surface area contributed by atoms with Crippen molar-refractivity contribution in [3.8, 4) is 11.1 Å². The van der Waals surface area contributed by atoms with E-state index in [0.717, 1.165) is 57.0 Å². The Morgan fingerprint density at radius 1 is 1.05 bits per heavy atom. The van der Waals surface area contributed by atoms with Crippen molar-refractivity contribution in [2.45, 2.75) is 56.4 Å². The van der Waals surface area contributed by atoms with Crippen molar-refractivity contribution in [2.75, 3.05) is 13.7 Å². The molecule has 37 heavy (non-hydrogen) atoms. The molecule has 2 aromatic carbocycles. The molecular formula is C28H30F3NO3S2. The maximum absolute atomic E-state index is 13.0. The molecule has 0 radical (unpaired) electrons. The zero-order chi connectivity index (χ0) is 27.2. The topological polar surface area (TPSA) is 55.4 Å². The molecule has 1 amide bonds. The standard InChI is InChI=1S/C28H30F3NO3S2/c1-5-6-22(23-11-12-24(37-23)27(34)32-14-13-25(33)35-4)36-21-15-17(2)26(18(3)16-21)19-7-9-20(10-8-19)28(29,30)31/h7-12,15-16,22H,5-6,13-14H2,1-4H3,(H,32,34). The van der Waals surface area contributed by atoms with Gasteiger partial charge in [0.05, 0.1) is 24.0 Å². The van der Waals surface area contributed by atoms with Gasteiger partial charge in [0, 0.05) is 21.6 Å². The lowest BCUT2D eigenvalue weighted by Gasteiger charge is -2.18. The molecule has 0 fully saturated rings. The molecule has 3 aromatic rings. The molecule has 1 heterocycles. The van der Waals surface area contributed by atoms with Crippen LogP contribution in [0.15, 0.2) is 53.4 Å². The zero-order valence-corrected chi connectivity index (χ0v) is 22.8. The number of esters is 1. The first-order valence-corrected chi connectivity index (χ1v) is 13.6. The van der Waals surface area contributed by atoms with Crippen LogP contribution in [0.4, 0.5) is 13.2 Å². The monoisotopic (exact) mass is 549 g/mol. The van der Waals surface area contributed by atoms with E-state index in [9.17, 15) is 22.8 Å². The zero-order valence-electron chi connectivity index (χ0n) is 21.2. The van der Waals surface area contributed by atoms with E-state index < -0.39 is 11.7 Å². The number of halogens is 3. The minimum atomic E-state index is -4.36. The van der Waals surface area contributed by atoms with E-state index >= 15 is 0 Å². The quantitative estimate of drug-likeness (QED) is 0.206. The van der Waals surface area contributed by atoms with Crippen molar-refractivity contribution in [1.29, 1.82) is 0 Å². The van der Waals surface area contributed by atoms with Gasteiger partial charge in [0.25, 0.3) is 5.91 Å². The highest BCUT2D eigenvalue weighted by Crippen LogP contribution is 2.43. The van der Waals surface area contributed by atoms with Crippen LogP contribution >= 0.6 is 23.1 Å². The molecule has 0 aliphatic carbocycles. The van der Waals surface area contributed by atoms with Gasteiger partial charge in [-0.15, -0.1) is 23.1 Å². The van der Waals surface area contributed by atoms with Crippen molar-refractivity contribution < 1.29 is 27.5 Å². The summed E-state index contributed by atoms with van der Waals surface area (Å²) in [5.74, 6) is -0.588. The fraction of sp³-hybridized carbons (Fsp3) is 0.357. The van der Waals surface area contributed by atoms with E-state index in [1.54, 1.807) is 17.8 Å². The van der Waals surface area contributed by atoms with Gasteiger partial charge in [-0.2, -0.15) is 13.2 Å². The van der Waals surface area contributed by atoms with Crippen LogP contribution in [-0.2, 0) is 15.7 Å². The number of alkyl halides is 3. The van der Waals surface area contributed by atoms with Gasteiger partial charge in [-0.25, -0.2) is 0 Å². The number of thiophene rings is 1. The lowest BCUT2D eigenvalue weighted by Crippen LogP contribution is -2.25. The number of amides is 1. The Morgan fingerprint density at radius 3 is 2.27 bits per heavy atom. The molecule has 1 aromatic heterocycles. The summed E-state index contributed by atoms with van der Waals surface area (Å²) in [6, 6.07) is 13.2. The molecule has 0 spiro atoms. The van der Waals surface area contributed by atoms with Gasteiger partial charge in [-0.05, 0) is 78.9 Å². The molecular weight excluding hydrogens is 519 g/mol. The minimum Gasteiger partial charge on any atom is -0.469 e.